The van der Waals surface area contributed by atoms with Crippen LogP contribution in [0.4, 0.5) is 0 Å². The van der Waals surface area contributed by atoms with Crippen molar-refractivity contribution in [2.75, 3.05) is 6.54 Å². The standard InChI is InChI=1S/C6H14N2O2.3Mg.2H3O4P/c7-4-2-1-3-5(8)6(9)10;;;;2*1-5(2,3)4/h5H,1-4,7-8H2,(H,9,10);;;;2*(H3,1,2,3,4)/q;3*+2;;/p-6/t5-;;;;;/m0...../s1. The van der Waals surface area contributed by atoms with Crippen LogP contribution in [0, 0.1) is 0 Å². The number of carboxylic acid groups (broad SMARTS) is 1. The molecule has 1 atom stereocenters. The van der Waals surface area contributed by atoms with E-state index in [0.717, 1.165) is 12.8 Å². The number of hydrogen-bond acceptors (Lipinski definition) is 11. The second-order valence-corrected chi connectivity index (χ2v) is 4.91. The maximum absolute atomic E-state index is 10.1. The van der Waals surface area contributed by atoms with Gasteiger partial charge in [-0.2, -0.15) is 15.6 Å². The molecule has 0 unspecified atom stereocenters. The third-order valence-corrected chi connectivity index (χ3v) is 1.29. The summed E-state index contributed by atoms with van der Waals surface area (Å²) < 4.78 is 17.1. The summed E-state index contributed by atoms with van der Waals surface area (Å²) in [5.74, 6) is -0.933. The summed E-state index contributed by atoms with van der Waals surface area (Å²) in [4.78, 5) is 61.4. The van der Waals surface area contributed by atoms with Crippen molar-refractivity contribution in [2.45, 2.75) is 25.3 Å². The van der Waals surface area contributed by atoms with Crippen molar-refractivity contribution < 1.29 is 48.4 Å². The predicted molar refractivity (Wildman–Crippen MR) is 71.0 cm³/mol. The Balaban J connectivity index is -0.0000000483. The maximum Gasteiger partial charge on any atom is 2.00 e. The minimum atomic E-state index is -5.39. The van der Waals surface area contributed by atoms with Crippen LogP contribution in [0.2, 0.25) is 0 Å². The van der Waals surface area contributed by atoms with Crippen LogP contribution in [0.25, 0.3) is 0 Å². The average molecular weight is 409 g/mol. The van der Waals surface area contributed by atoms with E-state index in [0.29, 0.717) is 13.0 Å². The molecule has 0 aliphatic carbocycles. The Bertz CT molecular complexity index is 315. The number of carbonyl (C=O) groups is 1. The van der Waals surface area contributed by atoms with Crippen LogP contribution in [-0.4, -0.2) is 92.8 Å². The van der Waals surface area contributed by atoms with E-state index in [1.54, 1.807) is 0 Å². The molecule has 124 valence electrons. The molecule has 0 fully saturated rings. The third kappa shape index (κ3) is 96.4. The van der Waals surface area contributed by atoms with Gasteiger partial charge in [0.2, 0.25) is 0 Å². The second kappa shape index (κ2) is 22.0. The Morgan fingerprint density at radius 3 is 1.35 bits per heavy atom. The summed E-state index contributed by atoms with van der Waals surface area (Å²) in [6.07, 6.45) is 2.16. The van der Waals surface area contributed by atoms with Gasteiger partial charge in [0.05, 0.1) is 0 Å². The number of nitrogens with two attached hydrogens (primary N) is 2. The first-order chi connectivity index (χ1) is 8.68. The first-order valence-corrected chi connectivity index (χ1v) is 7.75. The second-order valence-electron chi connectivity index (χ2n) is 3.12. The molecule has 0 radical (unpaired) electrons. The zero-order chi connectivity index (χ0) is 17.0. The molecule has 17 heteroatoms. The Morgan fingerprint density at radius 1 is 0.913 bits per heavy atom. The number of unbranched alkanes of at least 4 members (excludes halogenated alkanes) is 1. The minimum absolute atomic E-state index is 0. The summed E-state index contributed by atoms with van der Waals surface area (Å²) in [5, 5.41) is 8.33. The molecule has 0 aromatic carbocycles. The maximum atomic E-state index is 10.1. The molecule has 0 aromatic heterocycles. The molecule has 0 spiro atoms. The fourth-order valence-electron chi connectivity index (χ4n) is 0.632. The smallest absolute Gasteiger partial charge is 0.822 e. The van der Waals surface area contributed by atoms with Crippen molar-refractivity contribution >= 4 is 90.8 Å². The molecular formula is C6H14Mg3N2O10P2. The summed E-state index contributed by atoms with van der Waals surface area (Å²) in [6, 6.07) is -0.716. The Hall–Kier alpha value is 1.91. The first-order valence-electron chi connectivity index (χ1n) is 4.83. The molecule has 0 bridgehead atoms. The van der Waals surface area contributed by atoms with Crippen molar-refractivity contribution in [1.29, 1.82) is 0 Å². The molecule has 0 amide bonds. The number of hydrogen-bond donors (Lipinski definition) is 3. The summed E-state index contributed by atoms with van der Waals surface area (Å²) in [7, 11) is -10.8. The molecule has 0 aliphatic rings. The Kier molecular flexibility index (Phi) is 38.0. The molecular weight excluding hydrogens is 395 g/mol. The van der Waals surface area contributed by atoms with Gasteiger partial charge in [-0.1, -0.05) is 6.42 Å². The van der Waals surface area contributed by atoms with Crippen LogP contribution in [0.3, 0.4) is 0 Å². The van der Waals surface area contributed by atoms with Gasteiger partial charge in [-0.15, -0.1) is 0 Å². The topological polar surface area (TPSA) is 262 Å². The first kappa shape index (κ1) is 39.8. The van der Waals surface area contributed by atoms with Gasteiger partial charge in [-0.3, -0.25) is 4.79 Å². The van der Waals surface area contributed by atoms with Gasteiger partial charge in [0.25, 0.3) is 0 Å². The van der Waals surface area contributed by atoms with E-state index in [2.05, 4.69) is 0 Å². The number of aliphatic carboxylic acids is 1. The van der Waals surface area contributed by atoms with Gasteiger partial charge < -0.3 is 55.1 Å². The van der Waals surface area contributed by atoms with Crippen LogP contribution in [-0.2, 0) is 13.9 Å². The largest absolute Gasteiger partial charge is 2.00 e. The van der Waals surface area contributed by atoms with Crippen molar-refractivity contribution in [1.82, 2.24) is 0 Å². The minimum Gasteiger partial charge on any atom is -0.822 e. The third-order valence-electron chi connectivity index (χ3n) is 1.29. The van der Waals surface area contributed by atoms with Crippen LogP contribution >= 0.6 is 15.6 Å². The van der Waals surface area contributed by atoms with Gasteiger partial charge in [0, 0.05) is 0 Å². The Morgan fingerprint density at radius 2 is 1.17 bits per heavy atom. The van der Waals surface area contributed by atoms with Crippen LogP contribution in [0.15, 0.2) is 0 Å². The van der Waals surface area contributed by atoms with E-state index in [9.17, 15) is 4.79 Å². The molecule has 23 heavy (non-hydrogen) atoms. The van der Waals surface area contributed by atoms with Gasteiger partial charge in [0.1, 0.15) is 6.04 Å². The Labute approximate surface area is 181 Å². The predicted octanol–water partition coefficient (Wildman–Crippen LogP) is -7.26. The van der Waals surface area contributed by atoms with Crippen molar-refractivity contribution in [3.63, 3.8) is 0 Å². The fraction of sp³-hybridized carbons (Fsp3) is 0.833. The number of rotatable bonds is 5. The number of phosphoric acid groups is 2. The molecule has 12 nitrogen and oxygen atoms in total. The van der Waals surface area contributed by atoms with Crippen LogP contribution < -0.4 is 40.8 Å². The molecule has 5 N–H and O–H groups in total. The van der Waals surface area contributed by atoms with Crippen molar-refractivity contribution in [3.05, 3.63) is 0 Å². The molecule has 0 saturated heterocycles. The van der Waals surface area contributed by atoms with Gasteiger partial charge in [-0.05, 0) is 19.4 Å². The van der Waals surface area contributed by atoms with Crippen molar-refractivity contribution in [3.8, 4) is 0 Å². The zero-order valence-electron chi connectivity index (χ0n) is 12.2. The molecule has 0 saturated carbocycles. The van der Waals surface area contributed by atoms with Crippen LogP contribution in [0.5, 0.6) is 0 Å². The molecule has 0 heterocycles. The average Bonchev–Trinajstić information content (AvgIpc) is 2.12. The fourth-order valence-corrected chi connectivity index (χ4v) is 0.632. The zero-order valence-corrected chi connectivity index (χ0v) is 18.2. The van der Waals surface area contributed by atoms with E-state index in [4.69, 9.17) is 55.1 Å². The van der Waals surface area contributed by atoms with Gasteiger partial charge in [-0.25, -0.2) is 0 Å². The monoisotopic (exact) mass is 408 g/mol. The SMILES string of the molecule is NCCCC[C@H](N)C(=O)O.O=P([O-])([O-])[O-].O=P([O-])([O-])[O-].[Mg+2].[Mg+2].[Mg+2]. The van der Waals surface area contributed by atoms with Crippen LogP contribution in [0.1, 0.15) is 19.3 Å². The van der Waals surface area contributed by atoms with Gasteiger partial charge in [0.15, 0.2) is 0 Å². The van der Waals surface area contributed by atoms with Gasteiger partial charge >= 0.3 is 75.1 Å². The quantitative estimate of drug-likeness (QED) is 0.217. The number of carboxylic acids is 1. The van der Waals surface area contributed by atoms with E-state index >= 15 is 0 Å². The van der Waals surface area contributed by atoms with E-state index < -0.39 is 27.7 Å². The normalized spacial score (nSPS) is 10.8. The van der Waals surface area contributed by atoms with Crippen molar-refractivity contribution in [2.24, 2.45) is 11.5 Å². The molecule has 0 aromatic rings. The van der Waals surface area contributed by atoms with E-state index in [1.807, 2.05) is 0 Å². The van der Waals surface area contributed by atoms with E-state index in [-0.39, 0.29) is 69.2 Å². The molecule has 0 aliphatic heterocycles. The summed E-state index contributed by atoms with van der Waals surface area (Å²) >= 11 is 0. The molecule has 0 rings (SSSR count). The summed E-state index contributed by atoms with van der Waals surface area (Å²) in [5.41, 5.74) is 10.4. The van der Waals surface area contributed by atoms with E-state index in [1.165, 1.54) is 0 Å². The summed E-state index contributed by atoms with van der Waals surface area (Å²) in [6.45, 7) is 0.604.